The maximum Gasteiger partial charge on any atom is 0.0156 e. The summed E-state index contributed by atoms with van der Waals surface area (Å²) in [5.41, 5.74) is 0.312. The van der Waals surface area contributed by atoms with Gasteiger partial charge in [-0.3, -0.25) is 0 Å². The smallest absolute Gasteiger partial charge is 0.0156 e. The first-order chi connectivity index (χ1) is 8.97. The zero-order valence-electron chi connectivity index (χ0n) is 13.5. The molecular weight excluding hydrogens is 232 g/mol. The molecule has 2 aliphatic carbocycles. The van der Waals surface area contributed by atoms with E-state index in [-0.39, 0.29) is 0 Å². The quantitative estimate of drug-likeness (QED) is 0.789. The van der Waals surface area contributed by atoms with Crippen molar-refractivity contribution in [3.63, 3.8) is 0 Å². The van der Waals surface area contributed by atoms with Crippen LogP contribution in [0.2, 0.25) is 0 Å². The van der Waals surface area contributed by atoms with E-state index in [4.69, 9.17) is 0 Å². The number of hydrogen-bond acceptors (Lipinski definition) is 2. The van der Waals surface area contributed by atoms with Crippen LogP contribution in [-0.4, -0.2) is 23.7 Å². The van der Waals surface area contributed by atoms with Crippen molar-refractivity contribution in [3.05, 3.63) is 0 Å². The van der Waals surface area contributed by atoms with Gasteiger partial charge in [-0.2, -0.15) is 0 Å². The van der Waals surface area contributed by atoms with Crippen LogP contribution >= 0.6 is 0 Å². The standard InChI is InChI=1S/C17H34N2/c1-13(2)18-16-11-7-8-14(12-16)17(3,4)19-15-9-5-6-10-15/h13-16,18-19H,5-12H2,1-4H3. The Labute approximate surface area is 120 Å². The molecule has 0 amide bonds. The fraction of sp³-hybridized carbons (Fsp3) is 1.00. The topological polar surface area (TPSA) is 24.1 Å². The Hall–Kier alpha value is -0.0800. The summed E-state index contributed by atoms with van der Waals surface area (Å²) in [7, 11) is 0. The average Bonchev–Trinajstić information content (AvgIpc) is 2.80. The normalized spacial score (nSPS) is 30.2. The third-order valence-electron chi connectivity index (χ3n) is 5.20. The van der Waals surface area contributed by atoms with Gasteiger partial charge in [0.25, 0.3) is 0 Å². The molecule has 0 radical (unpaired) electrons. The summed E-state index contributed by atoms with van der Waals surface area (Å²) in [6.45, 7) is 9.42. The lowest BCUT2D eigenvalue weighted by molar-refractivity contribution is 0.153. The third-order valence-corrected chi connectivity index (χ3v) is 5.20. The van der Waals surface area contributed by atoms with Gasteiger partial charge in [0.2, 0.25) is 0 Å². The van der Waals surface area contributed by atoms with Crippen molar-refractivity contribution in [2.24, 2.45) is 5.92 Å². The summed E-state index contributed by atoms with van der Waals surface area (Å²) in [6.07, 6.45) is 11.2. The van der Waals surface area contributed by atoms with Crippen molar-refractivity contribution in [2.75, 3.05) is 0 Å². The fourth-order valence-electron chi connectivity index (χ4n) is 4.18. The minimum absolute atomic E-state index is 0.312. The Morgan fingerprint density at radius 1 is 0.895 bits per heavy atom. The molecule has 2 unspecified atom stereocenters. The maximum absolute atomic E-state index is 3.97. The van der Waals surface area contributed by atoms with Crippen LogP contribution in [0.4, 0.5) is 0 Å². The molecule has 2 rings (SSSR count). The van der Waals surface area contributed by atoms with Crippen LogP contribution in [0.5, 0.6) is 0 Å². The van der Waals surface area contributed by atoms with E-state index in [1.54, 1.807) is 0 Å². The molecule has 2 nitrogen and oxygen atoms in total. The monoisotopic (exact) mass is 266 g/mol. The van der Waals surface area contributed by atoms with Gasteiger partial charge in [0.05, 0.1) is 0 Å². The molecule has 2 saturated carbocycles. The first kappa shape index (κ1) is 15.3. The molecule has 0 aromatic heterocycles. The van der Waals surface area contributed by atoms with Gasteiger partial charge in [-0.05, 0) is 51.9 Å². The van der Waals surface area contributed by atoms with Crippen molar-refractivity contribution in [2.45, 2.75) is 103 Å². The minimum Gasteiger partial charge on any atom is -0.312 e. The van der Waals surface area contributed by atoms with Crippen LogP contribution in [0.1, 0.15) is 79.1 Å². The highest BCUT2D eigenvalue weighted by Crippen LogP contribution is 2.34. The molecule has 112 valence electrons. The molecule has 2 atom stereocenters. The summed E-state index contributed by atoms with van der Waals surface area (Å²) < 4.78 is 0. The predicted octanol–water partition coefficient (Wildman–Crippen LogP) is 3.85. The van der Waals surface area contributed by atoms with Crippen molar-refractivity contribution in [1.82, 2.24) is 10.6 Å². The zero-order chi connectivity index (χ0) is 13.9. The van der Waals surface area contributed by atoms with E-state index in [1.807, 2.05) is 0 Å². The molecule has 0 aromatic carbocycles. The van der Waals surface area contributed by atoms with E-state index in [9.17, 15) is 0 Å². The van der Waals surface area contributed by atoms with Gasteiger partial charge in [-0.1, -0.05) is 33.1 Å². The van der Waals surface area contributed by atoms with E-state index in [2.05, 4.69) is 38.3 Å². The Balaban J connectivity index is 1.87. The highest BCUT2D eigenvalue weighted by molar-refractivity contribution is 4.94. The third kappa shape index (κ3) is 4.46. The molecule has 0 bridgehead atoms. The van der Waals surface area contributed by atoms with Gasteiger partial charge in [-0.15, -0.1) is 0 Å². The van der Waals surface area contributed by atoms with Crippen molar-refractivity contribution in [1.29, 1.82) is 0 Å². The van der Waals surface area contributed by atoms with Crippen LogP contribution in [0, 0.1) is 5.92 Å². The van der Waals surface area contributed by atoms with E-state index >= 15 is 0 Å². The lowest BCUT2D eigenvalue weighted by Gasteiger charge is -2.43. The lowest BCUT2D eigenvalue weighted by Crippen LogP contribution is -2.53. The average molecular weight is 266 g/mol. The molecule has 2 N–H and O–H groups in total. The summed E-state index contributed by atoms with van der Waals surface area (Å²) >= 11 is 0. The molecule has 0 spiro atoms. The molecule has 0 aromatic rings. The Kier molecular flexibility index (Phi) is 5.30. The van der Waals surface area contributed by atoms with E-state index in [1.165, 1.54) is 51.4 Å². The molecule has 2 fully saturated rings. The first-order valence-electron chi connectivity index (χ1n) is 8.51. The van der Waals surface area contributed by atoms with Crippen LogP contribution in [0.3, 0.4) is 0 Å². The van der Waals surface area contributed by atoms with Crippen LogP contribution in [-0.2, 0) is 0 Å². The first-order valence-corrected chi connectivity index (χ1v) is 8.51. The number of hydrogen-bond donors (Lipinski definition) is 2. The summed E-state index contributed by atoms with van der Waals surface area (Å²) in [5, 5.41) is 7.72. The largest absolute Gasteiger partial charge is 0.312 e. The van der Waals surface area contributed by atoms with Gasteiger partial charge >= 0.3 is 0 Å². The second-order valence-electron chi connectivity index (χ2n) is 7.73. The second kappa shape index (κ2) is 6.58. The number of rotatable bonds is 5. The molecule has 0 heterocycles. The second-order valence-corrected chi connectivity index (χ2v) is 7.73. The van der Waals surface area contributed by atoms with Crippen molar-refractivity contribution in [3.8, 4) is 0 Å². The van der Waals surface area contributed by atoms with Gasteiger partial charge in [0.1, 0.15) is 0 Å². The Morgan fingerprint density at radius 3 is 2.16 bits per heavy atom. The molecule has 2 heteroatoms. The highest BCUT2D eigenvalue weighted by atomic mass is 15.0. The minimum atomic E-state index is 0.312. The van der Waals surface area contributed by atoms with E-state index in [0.717, 1.165) is 18.0 Å². The molecule has 19 heavy (non-hydrogen) atoms. The van der Waals surface area contributed by atoms with Gasteiger partial charge in [-0.25, -0.2) is 0 Å². The van der Waals surface area contributed by atoms with E-state index in [0.29, 0.717) is 11.6 Å². The lowest BCUT2D eigenvalue weighted by atomic mass is 9.74. The van der Waals surface area contributed by atoms with Crippen molar-refractivity contribution >= 4 is 0 Å². The highest BCUT2D eigenvalue weighted by Gasteiger charge is 2.35. The molecule has 0 saturated heterocycles. The van der Waals surface area contributed by atoms with Gasteiger partial charge < -0.3 is 10.6 Å². The fourth-order valence-corrected chi connectivity index (χ4v) is 4.18. The predicted molar refractivity (Wildman–Crippen MR) is 83.5 cm³/mol. The molecule has 0 aliphatic heterocycles. The SMILES string of the molecule is CC(C)NC1CCCC(C(C)(C)NC2CCCC2)C1. The summed E-state index contributed by atoms with van der Waals surface area (Å²) in [4.78, 5) is 0. The Bertz CT molecular complexity index is 266. The zero-order valence-corrected chi connectivity index (χ0v) is 13.5. The van der Waals surface area contributed by atoms with E-state index < -0.39 is 0 Å². The van der Waals surface area contributed by atoms with Crippen LogP contribution in [0.25, 0.3) is 0 Å². The maximum atomic E-state index is 3.97. The van der Waals surface area contributed by atoms with Gasteiger partial charge in [0.15, 0.2) is 0 Å². The summed E-state index contributed by atoms with van der Waals surface area (Å²) in [5.74, 6) is 0.832. The molecular formula is C17H34N2. The van der Waals surface area contributed by atoms with Crippen LogP contribution in [0.15, 0.2) is 0 Å². The number of nitrogens with one attached hydrogen (secondary N) is 2. The van der Waals surface area contributed by atoms with Crippen molar-refractivity contribution < 1.29 is 0 Å². The Morgan fingerprint density at radius 2 is 1.53 bits per heavy atom. The summed E-state index contributed by atoms with van der Waals surface area (Å²) in [6, 6.07) is 2.14. The van der Waals surface area contributed by atoms with Crippen LogP contribution < -0.4 is 10.6 Å². The van der Waals surface area contributed by atoms with Gasteiger partial charge in [0, 0.05) is 23.7 Å². The molecule has 2 aliphatic rings.